The van der Waals surface area contributed by atoms with E-state index in [1.54, 1.807) is 24.1 Å². The first-order chi connectivity index (χ1) is 12.6. The Morgan fingerprint density at radius 2 is 1.77 bits per heavy atom. The van der Waals surface area contributed by atoms with Crippen molar-refractivity contribution in [2.45, 2.75) is 25.3 Å². The first-order valence-electron chi connectivity index (χ1n) is 8.82. The van der Waals surface area contributed by atoms with Gasteiger partial charge in [0.2, 0.25) is 0 Å². The number of para-hydroxylation sites is 1. The minimum absolute atomic E-state index is 0.0340. The smallest absolute Gasteiger partial charge is 0.344 e. The van der Waals surface area contributed by atoms with Crippen LogP contribution in [0.3, 0.4) is 0 Å². The fourth-order valence-electron chi connectivity index (χ4n) is 3.25. The van der Waals surface area contributed by atoms with Gasteiger partial charge >= 0.3 is 5.97 Å². The molecule has 0 radical (unpaired) electrons. The number of hydrogen-bond donors (Lipinski definition) is 0. The number of carbonyl (C=O) groups excluding carboxylic acids is 2. The van der Waals surface area contributed by atoms with Crippen molar-refractivity contribution in [3.05, 3.63) is 65.7 Å². The molecule has 0 saturated heterocycles. The fourth-order valence-corrected chi connectivity index (χ4v) is 3.25. The zero-order valence-corrected chi connectivity index (χ0v) is 14.9. The molecular weight excluding hydrogens is 330 g/mol. The summed E-state index contributed by atoms with van der Waals surface area (Å²) in [7, 11) is 1.77. The van der Waals surface area contributed by atoms with Gasteiger partial charge in [0, 0.05) is 7.05 Å². The predicted molar refractivity (Wildman–Crippen MR) is 97.8 cm³/mol. The molecule has 2 aromatic rings. The Morgan fingerprint density at radius 1 is 1.04 bits per heavy atom. The number of likely N-dealkylation sites (N-methyl/N-ethyl adjacent to an activating group) is 1. The first-order valence-corrected chi connectivity index (χ1v) is 8.82. The first kappa shape index (κ1) is 18.0. The van der Waals surface area contributed by atoms with Crippen LogP contribution in [0.4, 0.5) is 0 Å². The van der Waals surface area contributed by atoms with Gasteiger partial charge < -0.3 is 14.4 Å². The average molecular weight is 353 g/mol. The summed E-state index contributed by atoms with van der Waals surface area (Å²) in [4.78, 5) is 25.9. The summed E-state index contributed by atoms with van der Waals surface area (Å²) in [6.07, 6.45) is 3.01. The van der Waals surface area contributed by atoms with Gasteiger partial charge in [-0.25, -0.2) is 4.79 Å². The van der Waals surface area contributed by atoms with E-state index in [9.17, 15) is 9.59 Å². The Balaban J connectivity index is 1.50. The molecule has 26 heavy (non-hydrogen) atoms. The molecule has 0 fully saturated rings. The molecule has 0 saturated carbocycles. The minimum Gasteiger partial charge on any atom is -0.482 e. The highest BCUT2D eigenvalue weighted by Gasteiger charge is 2.26. The number of nitrogens with zero attached hydrogens (tertiary/aromatic N) is 1. The van der Waals surface area contributed by atoms with Gasteiger partial charge in [-0.3, -0.25) is 4.79 Å². The van der Waals surface area contributed by atoms with Gasteiger partial charge in [-0.1, -0.05) is 42.5 Å². The monoisotopic (exact) mass is 353 g/mol. The summed E-state index contributed by atoms with van der Waals surface area (Å²) >= 11 is 0. The van der Waals surface area contributed by atoms with E-state index in [0.717, 1.165) is 19.3 Å². The van der Waals surface area contributed by atoms with Crippen molar-refractivity contribution in [3.8, 4) is 5.75 Å². The lowest BCUT2D eigenvalue weighted by atomic mass is 9.87. The third-order valence-electron chi connectivity index (χ3n) is 4.66. The van der Waals surface area contributed by atoms with Crippen LogP contribution < -0.4 is 4.74 Å². The number of fused-ring (bicyclic) bond motifs is 1. The molecule has 0 bridgehead atoms. The quantitative estimate of drug-likeness (QED) is 0.749. The molecule has 1 aliphatic carbocycles. The summed E-state index contributed by atoms with van der Waals surface area (Å²) in [6.45, 7) is -0.487. The molecule has 2 aromatic carbocycles. The van der Waals surface area contributed by atoms with Crippen molar-refractivity contribution in [3.63, 3.8) is 0 Å². The molecule has 1 unspecified atom stereocenters. The van der Waals surface area contributed by atoms with Crippen LogP contribution in [0.2, 0.25) is 0 Å². The van der Waals surface area contributed by atoms with E-state index < -0.39 is 5.97 Å². The van der Waals surface area contributed by atoms with Crippen molar-refractivity contribution < 1.29 is 19.1 Å². The molecule has 0 spiro atoms. The van der Waals surface area contributed by atoms with Crippen LogP contribution in [0.5, 0.6) is 5.75 Å². The molecule has 0 aromatic heterocycles. The molecule has 1 atom stereocenters. The van der Waals surface area contributed by atoms with Crippen molar-refractivity contribution in [1.29, 1.82) is 0 Å². The molecule has 5 nitrogen and oxygen atoms in total. The lowest BCUT2D eigenvalue weighted by Crippen LogP contribution is -2.36. The average Bonchev–Trinajstić information content (AvgIpc) is 2.70. The Hall–Kier alpha value is -2.82. The maximum absolute atomic E-state index is 12.4. The van der Waals surface area contributed by atoms with Gasteiger partial charge in [-0.05, 0) is 42.5 Å². The number of benzene rings is 2. The summed E-state index contributed by atoms with van der Waals surface area (Å²) in [5, 5.41) is 0. The second-order valence-electron chi connectivity index (χ2n) is 6.37. The van der Waals surface area contributed by atoms with Crippen LogP contribution in [0.15, 0.2) is 54.6 Å². The van der Waals surface area contributed by atoms with Crippen LogP contribution in [0, 0.1) is 0 Å². The zero-order chi connectivity index (χ0) is 18.4. The van der Waals surface area contributed by atoms with Crippen LogP contribution in [0.1, 0.15) is 30.0 Å². The van der Waals surface area contributed by atoms with Crippen molar-refractivity contribution >= 4 is 11.9 Å². The second kappa shape index (κ2) is 8.52. The highest BCUT2D eigenvalue weighted by Crippen LogP contribution is 2.33. The second-order valence-corrected chi connectivity index (χ2v) is 6.37. The summed E-state index contributed by atoms with van der Waals surface area (Å²) in [6, 6.07) is 17.3. The van der Waals surface area contributed by atoms with Gasteiger partial charge in [0.25, 0.3) is 5.91 Å². The van der Waals surface area contributed by atoms with Gasteiger partial charge in [0.15, 0.2) is 13.2 Å². The highest BCUT2D eigenvalue weighted by molar-refractivity contribution is 5.81. The van der Waals surface area contributed by atoms with E-state index in [4.69, 9.17) is 9.47 Å². The van der Waals surface area contributed by atoms with Crippen LogP contribution in [-0.4, -0.2) is 37.0 Å². The van der Waals surface area contributed by atoms with E-state index in [-0.39, 0.29) is 25.2 Å². The third kappa shape index (κ3) is 4.42. The van der Waals surface area contributed by atoms with Gasteiger partial charge in [0.1, 0.15) is 5.75 Å². The third-order valence-corrected chi connectivity index (χ3v) is 4.66. The van der Waals surface area contributed by atoms with Gasteiger partial charge in [0.05, 0.1) is 6.04 Å². The number of aryl methyl sites for hydroxylation is 1. The van der Waals surface area contributed by atoms with Crippen LogP contribution in [0.25, 0.3) is 0 Å². The highest BCUT2D eigenvalue weighted by atomic mass is 16.6. The molecule has 0 N–H and O–H groups in total. The maximum Gasteiger partial charge on any atom is 0.344 e. The molecule has 1 amide bonds. The van der Waals surface area contributed by atoms with E-state index in [0.29, 0.717) is 5.75 Å². The SMILES string of the molecule is CN(C(=O)COC(=O)COc1ccccc1)C1CCCc2ccccc21. The number of amides is 1. The van der Waals surface area contributed by atoms with E-state index in [2.05, 4.69) is 12.1 Å². The molecule has 5 heteroatoms. The topological polar surface area (TPSA) is 55.8 Å². The van der Waals surface area contributed by atoms with E-state index >= 15 is 0 Å². The van der Waals surface area contributed by atoms with Gasteiger partial charge in [-0.2, -0.15) is 0 Å². The molecule has 0 aliphatic heterocycles. The Kier molecular flexibility index (Phi) is 5.89. The molecule has 1 aliphatic rings. The Bertz CT molecular complexity index is 760. The number of hydrogen-bond acceptors (Lipinski definition) is 4. The number of rotatable bonds is 6. The van der Waals surface area contributed by atoms with Crippen LogP contribution in [-0.2, 0) is 20.7 Å². The standard InChI is InChI=1S/C21H23NO4/c1-22(19-13-7-9-16-8-5-6-12-18(16)19)20(23)14-26-21(24)15-25-17-10-3-2-4-11-17/h2-6,8,10-12,19H,7,9,13-15H2,1H3. The number of ether oxygens (including phenoxy) is 2. The maximum atomic E-state index is 12.4. The fraction of sp³-hybridized carbons (Fsp3) is 0.333. The van der Waals surface area contributed by atoms with Crippen molar-refractivity contribution in [2.24, 2.45) is 0 Å². The molecule has 136 valence electrons. The molecule has 3 rings (SSSR count). The van der Waals surface area contributed by atoms with Crippen molar-refractivity contribution in [1.82, 2.24) is 4.90 Å². The van der Waals surface area contributed by atoms with Gasteiger partial charge in [-0.15, -0.1) is 0 Å². The zero-order valence-electron chi connectivity index (χ0n) is 14.9. The van der Waals surface area contributed by atoms with E-state index in [1.165, 1.54) is 11.1 Å². The molecule has 0 heterocycles. The summed E-state index contributed by atoms with van der Waals surface area (Å²) in [5.74, 6) is -0.175. The van der Waals surface area contributed by atoms with Crippen LogP contribution >= 0.6 is 0 Å². The Labute approximate surface area is 153 Å². The largest absolute Gasteiger partial charge is 0.482 e. The predicted octanol–water partition coefficient (Wildman–Crippen LogP) is 3.14. The number of carbonyl (C=O) groups is 2. The molecular formula is C21H23NO4. The normalized spacial score (nSPS) is 15.7. The minimum atomic E-state index is -0.556. The Morgan fingerprint density at radius 3 is 2.58 bits per heavy atom. The number of esters is 1. The van der Waals surface area contributed by atoms with E-state index in [1.807, 2.05) is 30.3 Å². The summed E-state index contributed by atoms with van der Waals surface area (Å²) in [5.41, 5.74) is 2.48. The summed E-state index contributed by atoms with van der Waals surface area (Å²) < 4.78 is 10.4. The lowest BCUT2D eigenvalue weighted by Gasteiger charge is -2.33. The van der Waals surface area contributed by atoms with Crippen molar-refractivity contribution in [2.75, 3.05) is 20.3 Å². The lowest BCUT2D eigenvalue weighted by molar-refractivity contribution is -0.154.